The molecule has 0 radical (unpaired) electrons. The number of hydrogen-bond acceptors (Lipinski definition) is 4. The van der Waals surface area contributed by atoms with E-state index in [0.29, 0.717) is 17.1 Å². The Labute approximate surface area is 128 Å². The number of hydrogen-bond donors (Lipinski definition) is 3. The summed E-state index contributed by atoms with van der Waals surface area (Å²) in [5.74, 6) is -0.547. The molecule has 4 N–H and O–H groups in total. The van der Waals surface area contributed by atoms with Crippen molar-refractivity contribution in [2.24, 2.45) is 0 Å². The van der Waals surface area contributed by atoms with Crippen LogP contribution >= 0.6 is 27.3 Å². The maximum absolute atomic E-state index is 12.1. The fraction of sp³-hybridized carbons (Fsp3) is 0.231. The van der Waals surface area contributed by atoms with E-state index in [9.17, 15) is 9.59 Å². The number of carbonyl (C=O) groups is 2. The molecule has 7 heteroatoms. The number of rotatable bonds is 4. The molecule has 1 heterocycles. The molecule has 1 aromatic heterocycles. The van der Waals surface area contributed by atoms with Gasteiger partial charge in [0.25, 0.3) is 5.91 Å². The topological polar surface area (TPSA) is 84.2 Å². The highest BCUT2D eigenvalue weighted by molar-refractivity contribution is 9.10. The van der Waals surface area contributed by atoms with Gasteiger partial charge in [0.05, 0.1) is 12.2 Å². The van der Waals surface area contributed by atoms with Crippen LogP contribution in [0.1, 0.15) is 16.6 Å². The summed E-state index contributed by atoms with van der Waals surface area (Å²) in [5.41, 5.74) is 6.44. The maximum atomic E-state index is 12.1. The number of anilines is 1. The Balaban J connectivity index is 2.18. The average Bonchev–Trinajstić information content (AvgIpc) is 2.73. The van der Waals surface area contributed by atoms with Crippen LogP contribution in [0.25, 0.3) is 10.1 Å². The van der Waals surface area contributed by atoms with Crippen molar-refractivity contribution in [3.63, 3.8) is 0 Å². The maximum Gasteiger partial charge on any atom is 0.263 e. The Morgan fingerprint density at radius 2 is 2.10 bits per heavy atom. The lowest BCUT2D eigenvalue weighted by Gasteiger charge is -2.04. The van der Waals surface area contributed by atoms with E-state index < -0.39 is 0 Å². The molecule has 106 valence electrons. The Hall–Kier alpha value is -1.60. The minimum absolute atomic E-state index is 0.0515. The molecule has 20 heavy (non-hydrogen) atoms. The Kier molecular flexibility index (Phi) is 4.61. The van der Waals surface area contributed by atoms with Crippen LogP contribution in [0.15, 0.2) is 22.7 Å². The van der Waals surface area contributed by atoms with Crippen LogP contribution in [0.4, 0.5) is 5.69 Å². The predicted octanol–water partition coefficient (Wildman–Crippen LogP) is 2.11. The van der Waals surface area contributed by atoms with E-state index in [1.165, 1.54) is 11.3 Å². The largest absolute Gasteiger partial charge is 0.397 e. The van der Waals surface area contributed by atoms with Crippen molar-refractivity contribution in [3.05, 3.63) is 27.5 Å². The zero-order valence-electron chi connectivity index (χ0n) is 10.8. The first-order chi connectivity index (χ1) is 9.52. The average molecular weight is 356 g/mol. The van der Waals surface area contributed by atoms with Crippen molar-refractivity contribution >= 4 is 54.9 Å². The molecule has 2 amide bonds. The van der Waals surface area contributed by atoms with Gasteiger partial charge in [-0.2, -0.15) is 0 Å². The second kappa shape index (κ2) is 6.23. The number of likely N-dealkylation sites (N-methyl/N-ethyl adjacent to an activating group) is 1. The zero-order valence-corrected chi connectivity index (χ0v) is 13.2. The van der Waals surface area contributed by atoms with E-state index in [1.54, 1.807) is 0 Å². The molecule has 0 atom stereocenters. The summed E-state index contributed by atoms with van der Waals surface area (Å²) >= 11 is 4.70. The van der Waals surface area contributed by atoms with Crippen LogP contribution in [0.5, 0.6) is 0 Å². The fourth-order valence-corrected chi connectivity index (χ4v) is 3.35. The van der Waals surface area contributed by atoms with Crippen LogP contribution in [-0.2, 0) is 4.79 Å². The molecule has 2 rings (SSSR count). The minimum Gasteiger partial charge on any atom is -0.397 e. The molecule has 0 unspecified atom stereocenters. The molecule has 0 saturated carbocycles. The van der Waals surface area contributed by atoms with Crippen LogP contribution in [0, 0.1) is 0 Å². The van der Waals surface area contributed by atoms with Crippen molar-refractivity contribution in [2.45, 2.75) is 6.92 Å². The van der Waals surface area contributed by atoms with Gasteiger partial charge < -0.3 is 16.4 Å². The van der Waals surface area contributed by atoms with Gasteiger partial charge in [-0.3, -0.25) is 9.59 Å². The molecule has 0 aliphatic heterocycles. The Morgan fingerprint density at radius 3 is 2.80 bits per heavy atom. The van der Waals surface area contributed by atoms with Gasteiger partial charge in [0.1, 0.15) is 4.88 Å². The van der Waals surface area contributed by atoms with Crippen molar-refractivity contribution < 1.29 is 9.59 Å². The van der Waals surface area contributed by atoms with E-state index in [4.69, 9.17) is 5.73 Å². The van der Waals surface area contributed by atoms with Gasteiger partial charge in [-0.15, -0.1) is 11.3 Å². The van der Waals surface area contributed by atoms with Crippen LogP contribution in [0.3, 0.4) is 0 Å². The van der Waals surface area contributed by atoms with Gasteiger partial charge in [0.15, 0.2) is 0 Å². The number of fused-ring (bicyclic) bond motifs is 1. The summed E-state index contributed by atoms with van der Waals surface area (Å²) in [4.78, 5) is 23.8. The first-order valence-electron chi connectivity index (χ1n) is 6.05. The second-order valence-electron chi connectivity index (χ2n) is 4.12. The van der Waals surface area contributed by atoms with Crippen LogP contribution in [0.2, 0.25) is 0 Å². The summed E-state index contributed by atoms with van der Waals surface area (Å²) in [6.45, 7) is 2.30. The lowest BCUT2D eigenvalue weighted by Crippen LogP contribution is -2.36. The highest BCUT2D eigenvalue weighted by atomic mass is 79.9. The van der Waals surface area contributed by atoms with Gasteiger partial charge in [-0.1, -0.05) is 22.0 Å². The number of nitrogens with two attached hydrogens (primary N) is 1. The van der Waals surface area contributed by atoms with Gasteiger partial charge in [-0.05, 0) is 19.1 Å². The van der Waals surface area contributed by atoms with Crippen molar-refractivity contribution in [3.8, 4) is 0 Å². The van der Waals surface area contributed by atoms with Crippen LogP contribution < -0.4 is 16.4 Å². The molecule has 0 spiro atoms. The molecule has 5 nitrogen and oxygen atoms in total. The predicted molar refractivity (Wildman–Crippen MR) is 85.0 cm³/mol. The van der Waals surface area contributed by atoms with Gasteiger partial charge in [0.2, 0.25) is 5.91 Å². The Morgan fingerprint density at radius 1 is 1.35 bits per heavy atom. The van der Waals surface area contributed by atoms with Crippen molar-refractivity contribution in [2.75, 3.05) is 18.8 Å². The van der Waals surface area contributed by atoms with Crippen LogP contribution in [-0.4, -0.2) is 24.9 Å². The molecule has 2 aromatic rings. The van der Waals surface area contributed by atoms with Gasteiger partial charge >= 0.3 is 0 Å². The van der Waals surface area contributed by atoms with E-state index in [0.717, 1.165) is 14.6 Å². The summed E-state index contributed by atoms with van der Waals surface area (Å²) in [6.07, 6.45) is 0. The normalized spacial score (nSPS) is 10.5. The summed E-state index contributed by atoms with van der Waals surface area (Å²) < 4.78 is 1.86. The number of benzene rings is 1. The number of carbonyl (C=O) groups excluding carboxylic acids is 2. The van der Waals surface area contributed by atoms with Gasteiger partial charge in [-0.25, -0.2) is 0 Å². The number of nitrogens with one attached hydrogen (secondary N) is 2. The number of halogens is 1. The molecule has 0 fully saturated rings. The lowest BCUT2D eigenvalue weighted by molar-refractivity contribution is -0.120. The van der Waals surface area contributed by atoms with E-state index in [1.807, 2.05) is 25.1 Å². The van der Waals surface area contributed by atoms with E-state index in [2.05, 4.69) is 26.6 Å². The third-order valence-corrected chi connectivity index (χ3v) is 4.34. The third kappa shape index (κ3) is 3.10. The molecule has 0 aliphatic carbocycles. The van der Waals surface area contributed by atoms with Crippen molar-refractivity contribution in [1.29, 1.82) is 0 Å². The minimum atomic E-state index is -0.328. The highest BCUT2D eigenvalue weighted by Crippen LogP contribution is 2.35. The molecule has 1 aromatic carbocycles. The number of thiophene rings is 1. The summed E-state index contributed by atoms with van der Waals surface area (Å²) in [7, 11) is 0. The SMILES string of the molecule is CCNC(=O)CNC(=O)c1sc2cc(Br)ccc2c1N. The quantitative estimate of drug-likeness (QED) is 0.785. The molecule has 0 aliphatic rings. The molecular formula is C13H14BrN3O2S. The molecule has 0 bridgehead atoms. The van der Waals surface area contributed by atoms with Gasteiger partial charge in [0, 0.05) is 21.1 Å². The molecular weight excluding hydrogens is 342 g/mol. The summed E-state index contributed by atoms with van der Waals surface area (Å²) in [6, 6.07) is 5.66. The van der Waals surface area contributed by atoms with Crippen molar-refractivity contribution in [1.82, 2.24) is 10.6 Å². The van der Waals surface area contributed by atoms with E-state index >= 15 is 0 Å². The highest BCUT2D eigenvalue weighted by Gasteiger charge is 2.16. The monoisotopic (exact) mass is 355 g/mol. The lowest BCUT2D eigenvalue weighted by atomic mass is 10.2. The molecule has 0 saturated heterocycles. The third-order valence-electron chi connectivity index (χ3n) is 2.68. The number of amides is 2. The second-order valence-corrected chi connectivity index (χ2v) is 6.09. The first kappa shape index (κ1) is 14.8. The van der Waals surface area contributed by atoms with E-state index in [-0.39, 0.29) is 18.4 Å². The number of nitrogen functional groups attached to an aromatic ring is 1. The fourth-order valence-electron chi connectivity index (χ4n) is 1.76. The first-order valence-corrected chi connectivity index (χ1v) is 7.66. The summed E-state index contributed by atoms with van der Waals surface area (Å²) in [5, 5.41) is 6.03. The smallest absolute Gasteiger partial charge is 0.263 e. The Bertz CT molecular complexity index is 669. The zero-order chi connectivity index (χ0) is 14.7. The standard InChI is InChI=1S/C13H14BrN3O2S/c1-2-16-10(18)6-17-13(19)12-11(15)8-4-3-7(14)5-9(8)20-12/h3-5H,2,6,15H2,1H3,(H,16,18)(H,17,19).